The van der Waals surface area contributed by atoms with Crippen molar-refractivity contribution in [2.75, 3.05) is 13.7 Å². The SMILES string of the molecule is CCC(N)C(CO)Oc1ccc(C)cc1OC. The zero-order valence-electron chi connectivity index (χ0n) is 10.6. The Labute approximate surface area is 102 Å². The molecule has 4 heteroatoms. The number of aliphatic hydroxyl groups is 1. The Hall–Kier alpha value is -1.26. The van der Waals surface area contributed by atoms with Gasteiger partial charge in [0.05, 0.1) is 13.7 Å². The fourth-order valence-corrected chi connectivity index (χ4v) is 1.56. The van der Waals surface area contributed by atoms with Gasteiger partial charge in [0.1, 0.15) is 6.10 Å². The first-order valence-corrected chi connectivity index (χ1v) is 5.80. The van der Waals surface area contributed by atoms with Crippen molar-refractivity contribution >= 4 is 0 Å². The number of methoxy groups -OCH3 is 1. The van der Waals surface area contributed by atoms with Gasteiger partial charge < -0.3 is 20.3 Å². The van der Waals surface area contributed by atoms with Crippen molar-refractivity contribution < 1.29 is 14.6 Å². The Morgan fingerprint density at radius 1 is 1.35 bits per heavy atom. The standard InChI is InChI=1S/C13H21NO3/c1-4-10(14)13(8-15)17-11-6-5-9(2)7-12(11)16-3/h5-7,10,13,15H,4,8,14H2,1-3H3. The molecule has 0 spiro atoms. The van der Waals surface area contributed by atoms with Crippen molar-refractivity contribution in [3.8, 4) is 11.5 Å². The highest BCUT2D eigenvalue weighted by atomic mass is 16.5. The van der Waals surface area contributed by atoms with Crippen molar-refractivity contribution in [2.45, 2.75) is 32.4 Å². The first-order valence-electron chi connectivity index (χ1n) is 5.80. The van der Waals surface area contributed by atoms with E-state index in [-0.39, 0.29) is 12.6 Å². The Morgan fingerprint density at radius 2 is 2.06 bits per heavy atom. The van der Waals surface area contributed by atoms with Crippen LogP contribution in [0, 0.1) is 6.92 Å². The molecule has 0 aliphatic rings. The molecule has 1 aromatic carbocycles. The number of aryl methyl sites for hydroxylation is 1. The van der Waals surface area contributed by atoms with Gasteiger partial charge in [-0.2, -0.15) is 0 Å². The van der Waals surface area contributed by atoms with Crippen molar-refractivity contribution in [3.63, 3.8) is 0 Å². The fraction of sp³-hybridized carbons (Fsp3) is 0.538. The van der Waals surface area contributed by atoms with Crippen LogP contribution < -0.4 is 15.2 Å². The molecule has 0 heterocycles. The summed E-state index contributed by atoms with van der Waals surface area (Å²) >= 11 is 0. The van der Waals surface area contributed by atoms with Gasteiger partial charge in [-0.3, -0.25) is 0 Å². The minimum Gasteiger partial charge on any atom is -0.493 e. The molecule has 3 N–H and O–H groups in total. The molecule has 0 amide bonds. The summed E-state index contributed by atoms with van der Waals surface area (Å²) in [5, 5.41) is 9.26. The number of aliphatic hydroxyl groups excluding tert-OH is 1. The molecule has 0 aliphatic carbocycles. The highest BCUT2D eigenvalue weighted by molar-refractivity contribution is 5.42. The lowest BCUT2D eigenvalue weighted by Crippen LogP contribution is -2.41. The summed E-state index contributed by atoms with van der Waals surface area (Å²) in [7, 11) is 1.59. The van der Waals surface area contributed by atoms with Crippen molar-refractivity contribution in [2.24, 2.45) is 5.73 Å². The molecule has 0 saturated carbocycles. The largest absolute Gasteiger partial charge is 0.493 e. The van der Waals surface area contributed by atoms with E-state index in [9.17, 15) is 5.11 Å². The molecule has 96 valence electrons. The Morgan fingerprint density at radius 3 is 2.59 bits per heavy atom. The summed E-state index contributed by atoms with van der Waals surface area (Å²) in [6.45, 7) is 3.84. The summed E-state index contributed by atoms with van der Waals surface area (Å²) in [6, 6.07) is 5.47. The fourth-order valence-electron chi connectivity index (χ4n) is 1.56. The lowest BCUT2D eigenvalue weighted by atomic mass is 10.1. The predicted octanol–water partition coefficient (Wildman–Crippen LogP) is 1.48. The predicted molar refractivity (Wildman–Crippen MR) is 67.5 cm³/mol. The second-order valence-corrected chi connectivity index (χ2v) is 4.07. The zero-order valence-corrected chi connectivity index (χ0v) is 10.6. The molecule has 17 heavy (non-hydrogen) atoms. The lowest BCUT2D eigenvalue weighted by molar-refractivity contribution is 0.0905. The molecule has 1 rings (SSSR count). The van der Waals surface area contributed by atoms with Gasteiger partial charge in [0, 0.05) is 6.04 Å². The van der Waals surface area contributed by atoms with E-state index in [2.05, 4.69) is 0 Å². The lowest BCUT2D eigenvalue weighted by Gasteiger charge is -2.23. The molecule has 0 aliphatic heterocycles. The first-order chi connectivity index (χ1) is 8.12. The van der Waals surface area contributed by atoms with Crippen molar-refractivity contribution in [3.05, 3.63) is 23.8 Å². The van der Waals surface area contributed by atoms with E-state index in [1.165, 1.54) is 0 Å². The Balaban J connectivity index is 2.85. The van der Waals surface area contributed by atoms with Crippen molar-refractivity contribution in [1.29, 1.82) is 0 Å². The van der Waals surface area contributed by atoms with E-state index in [4.69, 9.17) is 15.2 Å². The number of hydrogen-bond acceptors (Lipinski definition) is 4. The molecular formula is C13H21NO3. The number of benzene rings is 1. The van der Waals surface area contributed by atoms with Crippen LogP contribution in [0.4, 0.5) is 0 Å². The third-order valence-electron chi connectivity index (χ3n) is 2.73. The number of ether oxygens (including phenoxy) is 2. The van der Waals surface area contributed by atoms with Gasteiger partial charge in [-0.25, -0.2) is 0 Å². The summed E-state index contributed by atoms with van der Waals surface area (Å²) in [6.07, 6.45) is 0.343. The minimum absolute atomic E-state index is 0.105. The topological polar surface area (TPSA) is 64.7 Å². The van der Waals surface area contributed by atoms with Gasteiger partial charge in [0.2, 0.25) is 0 Å². The maximum atomic E-state index is 9.26. The van der Waals surface area contributed by atoms with Crippen LogP contribution in [0.3, 0.4) is 0 Å². The van der Waals surface area contributed by atoms with Crippen LogP contribution in [0.25, 0.3) is 0 Å². The van der Waals surface area contributed by atoms with Gasteiger partial charge in [-0.1, -0.05) is 13.0 Å². The number of hydrogen-bond donors (Lipinski definition) is 2. The molecule has 0 aromatic heterocycles. The van der Waals surface area contributed by atoms with Crippen LogP contribution in [-0.4, -0.2) is 31.0 Å². The van der Waals surface area contributed by atoms with E-state index in [0.29, 0.717) is 11.5 Å². The van der Waals surface area contributed by atoms with E-state index >= 15 is 0 Å². The van der Waals surface area contributed by atoms with Gasteiger partial charge in [0.25, 0.3) is 0 Å². The number of rotatable bonds is 6. The minimum atomic E-state index is -0.406. The van der Waals surface area contributed by atoms with Crippen LogP contribution in [0.1, 0.15) is 18.9 Å². The molecule has 2 unspecified atom stereocenters. The first kappa shape index (κ1) is 13.8. The van der Waals surface area contributed by atoms with Crippen LogP contribution in [0.5, 0.6) is 11.5 Å². The monoisotopic (exact) mass is 239 g/mol. The average Bonchev–Trinajstić information content (AvgIpc) is 2.36. The quantitative estimate of drug-likeness (QED) is 0.789. The van der Waals surface area contributed by atoms with Gasteiger partial charge in [-0.15, -0.1) is 0 Å². The molecule has 0 radical (unpaired) electrons. The normalized spacial score (nSPS) is 14.2. The Bertz CT molecular complexity index is 355. The maximum absolute atomic E-state index is 9.26. The third kappa shape index (κ3) is 3.61. The molecule has 0 bridgehead atoms. The molecule has 0 fully saturated rings. The molecule has 4 nitrogen and oxygen atoms in total. The van der Waals surface area contributed by atoms with Gasteiger partial charge >= 0.3 is 0 Å². The van der Waals surface area contributed by atoms with Crippen molar-refractivity contribution in [1.82, 2.24) is 0 Å². The van der Waals surface area contributed by atoms with Crippen LogP contribution in [0.15, 0.2) is 18.2 Å². The summed E-state index contributed by atoms with van der Waals surface area (Å²) in [5.74, 6) is 1.27. The van der Waals surface area contributed by atoms with Crippen LogP contribution in [-0.2, 0) is 0 Å². The van der Waals surface area contributed by atoms with E-state index in [1.54, 1.807) is 7.11 Å². The molecule has 0 saturated heterocycles. The number of nitrogens with two attached hydrogens (primary N) is 1. The van der Waals surface area contributed by atoms with Crippen LogP contribution in [0.2, 0.25) is 0 Å². The third-order valence-corrected chi connectivity index (χ3v) is 2.73. The second-order valence-electron chi connectivity index (χ2n) is 4.07. The highest BCUT2D eigenvalue weighted by Crippen LogP contribution is 2.29. The van der Waals surface area contributed by atoms with Gasteiger partial charge in [-0.05, 0) is 31.0 Å². The molecule has 2 atom stereocenters. The Kier molecular flexibility index (Phi) is 5.25. The summed E-state index contributed by atoms with van der Waals surface area (Å²) < 4.78 is 10.9. The maximum Gasteiger partial charge on any atom is 0.161 e. The smallest absolute Gasteiger partial charge is 0.161 e. The zero-order chi connectivity index (χ0) is 12.8. The van der Waals surface area contributed by atoms with E-state index in [0.717, 1.165) is 12.0 Å². The van der Waals surface area contributed by atoms with Crippen LogP contribution >= 0.6 is 0 Å². The second kappa shape index (κ2) is 6.47. The van der Waals surface area contributed by atoms with Gasteiger partial charge in [0.15, 0.2) is 11.5 Å². The average molecular weight is 239 g/mol. The highest BCUT2D eigenvalue weighted by Gasteiger charge is 2.18. The molecule has 1 aromatic rings. The molecular weight excluding hydrogens is 218 g/mol. The van der Waals surface area contributed by atoms with E-state index < -0.39 is 6.10 Å². The summed E-state index contributed by atoms with van der Waals surface area (Å²) in [4.78, 5) is 0. The van der Waals surface area contributed by atoms with E-state index in [1.807, 2.05) is 32.0 Å². The summed E-state index contributed by atoms with van der Waals surface area (Å²) in [5.41, 5.74) is 6.96.